The smallest absolute Gasteiger partial charge is 0.251 e. The number of nitrogens with zero attached hydrogens (tertiary/aromatic N) is 1. The van der Waals surface area contributed by atoms with Crippen LogP contribution in [0.3, 0.4) is 0 Å². The Kier molecular flexibility index (Phi) is 7.66. The molecule has 26 heavy (non-hydrogen) atoms. The molecule has 1 heterocycles. The minimum Gasteiger partial charge on any atom is -0.346 e. The van der Waals surface area contributed by atoms with Crippen molar-refractivity contribution in [3.8, 4) is 0 Å². The van der Waals surface area contributed by atoms with E-state index in [0.29, 0.717) is 12.0 Å². The topological polar surface area (TPSA) is 71.1 Å². The van der Waals surface area contributed by atoms with Gasteiger partial charge in [-0.3, -0.25) is 14.6 Å². The van der Waals surface area contributed by atoms with Crippen molar-refractivity contribution in [3.05, 3.63) is 65.5 Å². The highest BCUT2D eigenvalue weighted by atomic mass is 32.2. The molecule has 0 saturated heterocycles. The average Bonchev–Trinajstić information content (AvgIpc) is 2.65. The number of carbonyl (C=O) groups is 2. The Morgan fingerprint density at radius 1 is 1.15 bits per heavy atom. The molecule has 5 nitrogen and oxygen atoms in total. The Balaban J connectivity index is 2.05. The Labute approximate surface area is 159 Å². The number of amides is 2. The van der Waals surface area contributed by atoms with Crippen molar-refractivity contribution in [3.63, 3.8) is 0 Å². The Hall–Kier alpha value is -2.34. The van der Waals surface area contributed by atoms with Gasteiger partial charge in [-0.15, -0.1) is 0 Å². The minimum absolute atomic E-state index is 0.196. The summed E-state index contributed by atoms with van der Waals surface area (Å²) in [7, 11) is 0. The molecule has 2 aromatic rings. The van der Waals surface area contributed by atoms with Crippen molar-refractivity contribution in [2.75, 3.05) is 12.0 Å². The van der Waals surface area contributed by atoms with Crippen LogP contribution in [0.2, 0.25) is 0 Å². The van der Waals surface area contributed by atoms with Gasteiger partial charge in [-0.1, -0.05) is 23.8 Å². The summed E-state index contributed by atoms with van der Waals surface area (Å²) in [5.74, 6) is 0.350. The van der Waals surface area contributed by atoms with Crippen LogP contribution < -0.4 is 10.6 Å². The molecule has 0 bridgehead atoms. The lowest BCUT2D eigenvalue weighted by Crippen LogP contribution is -2.47. The van der Waals surface area contributed by atoms with E-state index in [2.05, 4.69) is 15.6 Å². The van der Waals surface area contributed by atoms with Crippen molar-refractivity contribution >= 4 is 23.6 Å². The molecule has 2 rings (SSSR count). The summed E-state index contributed by atoms with van der Waals surface area (Å²) in [6.07, 6.45) is 4.25. The van der Waals surface area contributed by atoms with E-state index < -0.39 is 6.04 Å². The molecule has 2 unspecified atom stereocenters. The standard InChI is InChI=1S/C20H25N3O2S/c1-14-7-6-8-16(13-14)19(24)23-18(10-12-26-3)20(25)22-15(2)17-9-4-5-11-21-17/h4-9,11,13,15,18H,10,12H2,1-3H3,(H,22,25)(H,23,24). The van der Waals surface area contributed by atoms with Gasteiger partial charge >= 0.3 is 0 Å². The van der Waals surface area contributed by atoms with Crippen LogP contribution in [-0.2, 0) is 4.79 Å². The second-order valence-corrected chi connectivity index (χ2v) is 7.15. The molecule has 1 aromatic carbocycles. The lowest BCUT2D eigenvalue weighted by atomic mass is 10.1. The molecule has 0 aliphatic heterocycles. The zero-order valence-corrected chi connectivity index (χ0v) is 16.2. The molecule has 2 atom stereocenters. The minimum atomic E-state index is -0.582. The van der Waals surface area contributed by atoms with Gasteiger partial charge in [0, 0.05) is 11.8 Å². The number of aryl methyl sites for hydroxylation is 1. The largest absolute Gasteiger partial charge is 0.346 e. The first-order valence-corrected chi connectivity index (χ1v) is 9.98. The third kappa shape index (κ3) is 5.88. The van der Waals surface area contributed by atoms with Crippen molar-refractivity contribution in [2.24, 2.45) is 0 Å². The monoisotopic (exact) mass is 371 g/mol. The second-order valence-electron chi connectivity index (χ2n) is 6.16. The number of pyridine rings is 1. The van der Waals surface area contributed by atoms with E-state index in [-0.39, 0.29) is 17.9 Å². The summed E-state index contributed by atoms with van der Waals surface area (Å²) in [5.41, 5.74) is 2.35. The summed E-state index contributed by atoms with van der Waals surface area (Å²) in [6, 6.07) is 12.1. The number of thioether (sulfide) groups is 1. The van der Waals surface area contributed by atoms with Gasteiger partial charge < -0.3 is 10.6 Å². The summed E-state index contributed by atoms with van der Waals surface area (Å²) >= 11 is 1.64. The number of rotatable bonds is 8. The first kappa shape index (κ1) is 20.0. The number of hydrogen-bond acceptors (Lipinski definition) is 4. The van der Waals surface area contributed by atoms with Crippen LogP contribution >= 0.6 is 11.8 Å². The van der Waals surface area contributed by atoms with Crippen LogP contribution in [0, 0.1) is 6.92 Å². The fourth-order valence-corrected chi connectivity index (χ4v) is 3.02. The lowest BCUT2D eigenvalue weighted by molar-refractivity contribution is -0.123. The normalized spacial score (nSPS) is 12.9. The molecule has 2 N–H and O–H groups in total. The average molecular weight is 372 g/mol. The fourth-order valence-electron chi connectivity index (χ4n) is 2.55. The third-order valence-electron chi connectivity index (χ3n) is 4.00. The summed E-state index contributed by atoms with van der Waals surface area (Å²) in [5, 5.41) is 5.82. The fraction of sp³-hybridized carbons (Fsp3) is 0.350. The summed E-state index contributed by atoms with van der Waals surface area (Å²) in [4.78, 5) is 29.5. The summed E-state index contributed by atoms with van der Waals surface area (Å²) in [6.45, 7) is 3.82. The number of hydrogen-bond donors (Lipinski definition) is 2. The van der Waals surface area contributed by atoms with E-state index >= 15 is 0 Å². The van der Waals surface area contributed by atoms with Crippen LogP contribution in [0.15, 0.2) is 48.7 Å². The number of nitrogens with one attached hydrogen (secondary N) is 2. The van der Waals surface area contributed by atoms with E-state index in [0.717, 1.165) is 17.0 Å². The highest BCUT2D eigenvalue weighted by Gasteiger charge is 2.23. The third-order valence-corrected chi connectivity index (χ3v) is 4.65. The maximum Gasteiger partial charge on any atom is 0.251 e. The highest BCUT2D eigenvalue weighted by molar-refractivity contribution is 7.98. The maximum atomic E-state index is 12.7. The molecular weight excluding hydrogens is 346 g/mol. The van der Waals surface area contributed by atoms with Gasteiger partial charge in [0.05, 0.1) is 11.7 Å². The maximum absolute atomic E-state index is 12.7. The molecule has 0 saturated carbocycles. The molecule has 0 fully saturated rings. The Morgan fingerprint density at radius 2 is 1.96 bits per heavy atom. The zero-order chi connectivity index (χ0) is 18.9. The van der Waals surface area contributed by atoms with Crippen LogP contribution in [0.25, 0.3) is 0 Å². The molecule has 1 aromatic heterocycles. The van der Waals surface area contributed by atoms with E-state index in [9.17, 15) is 9.59 Å². The number of carbonyl (C=O) groups excluding carboxylic acids is 2. The van der Waals surface area contributed by atoms with E-state index in [1.807, 2.05) is 56.5 Å². The number of aromatic nitrogens is 1. The molecule has 2 amide bonds. The van der Waals surface area contributed by atoms with Gasteiger partial charge in [-0.25, -0.2) is 0 Å². The summed E-state index contributed by atoms with van der Waals surface area (Å²) < 4.78 is 0. The highest BCUT2D eigenvalue weighted by Crippen LogP contribution is 2.11. The first-order valence-electron chi connectivity index (χ1n) is 8.59. The van der Waals surface area contributed by atoms with Crippen molar-refractivity contribution in [1.82, 2.24) is 15.6 Å². The molecule has 0 spiro atoms. The van der Waals surface area contributed by atoms with Crippen LogP contribution in [0.1, 0.15) is 41.0 Å². The van der Waals surface area contributed by atoms with Crippen LogP contribution in [-0.4, -0.2) is 34.8 Å². The molecular formula is C20H25N3O2S. The van der Waals surface area contributed by atoms with Gasteiger partial charge in [0.2, 0.25) is 5.91 Å². The van der Waals surface area contributed by atoms with Crippen molar-refractivity contribution in [2.45, 2.75) is 32.4 Å². The first-order chi connectivity index (χ1) is 12.5. The predicted octanol–water partition coefficient (Wildman–Crippen LogP) is 3.12. The van der Waals surface area contributed by atoms with Crippen LogP contribution in [0.5, 0.6) is 0 Å². The molecule has 6 heteroatoms. The molecule has 0 radical (unpaired) electrons. The molecule has 0 aliphatic rings. The van der Waals surface area contributed by atoms with Gasteiger partial charge in [-0.05, 0) is 56.5 Å². The van der Waals surface area contributed by atoms with E-state index in [4.69, 9.17) is 0 Å². The van der Waals surface area contributed by atoms with Crippen molar-refractivity contribution < 1.29 is 9.59 Å². The van der Waals surface area contributed by atoms with Gasteiger partial charge in [0.25, 0.3) is 5.91 Å². The van der Waals surface area contributed by atoms with Gasteiger partial charge in [0.1, 0.15) is 6.04 Å². The lowest BCUT2D eigenvalue weighted by Gasteiger charge is -2.21. The van der Waals surface area contributed by atoms with Gasteiger partial charge in [-0.2, -0.15) is 11.8 Å². The number of benzene rings is 1. The molecule has 138 valence electrons. The Morgan fingerprint density at radius 3 is 2.62 bits per heavy atom. The van der Waals surface area contributed by atoms with Crippen LogP contribution in [0.4, 0.5) is 0 Å². The Bertz CT molecular complexity index is 737. The zero-order valence-electron chi connectivity index (χ0n) is 15.4. The van der Waals surface area contributed by atoms with E-state index in [1.54, 1.807) is 24.0 Å². The predicted molar refractivity (Wildman–Crippen MR) is 106 cm³/mol. The van der Waals surface area contributed by atoms with Crippen molar-refractivity contribution in [1.29, 1.82) is 0 Å². The SMILES string of the molecule is CSCCC(NC(=O)c1cccc(C)c1)C(=O)NC(C)c1ccccn1. The van der Waals surface area contributed by atoms with E-state index in [1.165, 1.54) is 0 Å². The quantitative estimate of drug-likeness (QED) is 0.748. The molecule has 0 aliphatic carbocycles. The van der Waals surface area contributed by atoms with Gasteiger partial charge in [0.15, 0.2) is 0 Å². The second kappa shape index (κ2) is 9.97.